The normalized spacial score (nSPS) is 16.3. The van der Waals surface area contributed by atoms with Gasteiger partial charge < -0.3 is 29.1 Å². The Balaban J connectivity index is 1.47. The van der Waals surface area contributed by atoms with E-state index in [4.69, 9.17) is 9.15 Å². The smallest absolute Gasteiger partial charge is 0.444 e. The fraction of sp³-hybridized carbons (Fsp3) is 0.417. The van der Waals surface area contributed by atoms with Crippen LogP contribution in [0.15, 0.2) is 40.8 Å². The maximum absolute atomic E-state index is 13.3. The summed E-state index contributed by atoms with van der Waals surface area (Å²) < 4.78 is 46.5. The minimum absolute atomic E-state index is 0.0564. The number of aryl methyl sites for hydroxylation is 1. The van der Waals surface area contributed by atoms with Gasteiger partial charge in [-0.15, -0.1) is 8.78 Å². The summed E-state index contributed by atoms with van der Waals surface area (Å²) >= 11 is 0. The number of benzene rings is 2. The molecule has 0 fully saturated rings. The van der Waals surface area contributed by atoms with Crippen molar-refractivity contribution in [1.29, 1.82) is 0 Å². The molecule has 0 radical (unpaired) electrons. The number of hydrogen-bond acceptors (Lipinski definition) is 7. The molecular formula is C24H26F2N2O6. The third-order valence-electron chi connectivity index (χ3n) is 5.22. The summed E-state index contributed by atoms with van der Waals surface area (Å²) in [6.45, 7) is 6.79. The molecule has 182 valence electrons. The molecule has 8 nitrogen and oxygen atoms in total. The Bertz CT molecular complexity index is 1220. The highest BCUT2D eigenvalue weighted by molar-refractivity contribution is 5.77. The zero-order valence-electron chi connectivity index (χ0n) is 19.3. The van der Waals surface area contributed by atoms with Gasteiger partial charge >= 0.3 is 12.4 Å². The van der Waals surface area contributed by atoms with Crippen molar-refractivity contribution in [3.63, 3.8) is 0 Å². The Morgan fingerprint density at radius 2 is 1.85 bits per heavy atom. The van der Waals surface area contributed by atoms with Gasteiger partial charge in [0.2, 0.25) is 5.89 Å². The molecule has 2 aromatic carbocycles. The Kier molecular flexibility index (Phi) is 5.89. The van der Waals surface area contributed by atoms with E-state index in [1.54, 1.807) is 39.8 Å². The Hall–Kier alpha value is -3.40. The van der Waals surface area contributed by atoms with E-state index in [0.29, 0.717) is 29.5 Å². The molecule has 3 aromatic rings. The lowest BCUT2D eigenvalue weighted by molar-refractivity contribution is -0.286. The molecule has 10 heteroatoms. The van der Waals surface area contributed by atoms with Crippen molar-refractivity contribution in [3.05, 3.63) is 42.0 Å². The number of fused-ring (bicyclic) bond motifs is 2. The summed E-state index contributed by atoms with van der Waals surface area (Å²) in [6, 6.07) is 9.79. The van der Waals surface area contributed by atoms with Crippen LogP contribution in [-0.4, -0.2) is 40.2 Å². The van der Waals surface area contributed by atoms with Gasteiger partial charge in [-0.2, -0.15) is 0 Å². The summed E-state index contributed by atoms with van der Waals surface area (Å²) in [5.41, 5.74) is 0.978. The first-order valence-corrected chi connectivity index (χ1v) is 10.8. The number of oxazole rings is 1. The molecule has 2 heterocycles. The third kappa shape index (κ3) is 5.39. The van der Waals surface area contributed by atoms with Gasteiger partial charge in [-0.1, -0.05) is 6.07 Å². The number of rotatable bonds is 6. The van der Waals surface area contributed by atoms with E-state index >= 15 is 0 Å². The Morgan fingerprint density at radius 3 is 2.56 bits per heavy atom. The van der Waals surface area contributed by atoms with Crippen LogP contribution in [0.5, 0.6) is 11.5 Å². The van der Waals surface area contributed by atoms with Crippen molar-refractivity contribution in [2.24, 2.45) is 0 Å². The maximum Gasteiger partial charge on any atom is 0.586 e. The van der Waals surface area contributed by atoms with Crippen LogP contribution >= 0.6 is 0 Å². The average molecular weight is 476 g/mol. The fourth-order valence-corrected chi connectivity index (χ4v) is 3.49. The lowest BCUT2D eigenvalue weighted by Crippen LogP contribution is -2.50. The lowest BCUT2D eigenvalue weighted by atomic mass is 9.94. The highest BCUT2D eigenvalue weighted by Crippen LogP contribution is 2.43. The molecule has 0 bridgehead atoms. The molecule has 1 aromatic heterocycles. The van der Waals surface area contributed by atoms with Crippen molar-refractivity contribution in [2.75, 3.05) is 6.61 Å². The molecule has 1 aliphatic heterocycles. The van der Waals surface area contributed by atoms with E-state index < -0.39 is 23.5 Å². The highest BCUT2D eigenvalue weighted by Gasteiger charge is 2.43. The lowest BCUT2D eigenvalue weighted by Gasteiger charge is -2.30. The van der Waals surface area contributed by atoms with E-state index in [1.165, 1.54) is 12.1 Å². The van der Waals surface area contributed by atoms with Crippen molar-refractivity contribution in [3.8, 4) is 23.0 Å². The molecule has 0 saturated heterocycles. The molecule has 0 saturated carbocycles. The Labute approximate surface area is 194 Å². The van der Waals surface area contributed by atoms with Crippen LogP contribution in [0.4, 0.5) is 13.6 Å². The fourth-order valence-electron chi connectivity index (χ4n) is 3.49. The summed E-state index contributed by atoms with van der Waals surface area (Å²) in [5.74, 6) is 0.103. The topological polar surface area (TPSA) is 103 Å². The molecule has 1 aliphatic rings. The first-order valence-electron chi connectivity index (χ1n) is 10.8. The quantitative estimate of drug-likeness (QED) is 0.515. The number of alkyl halides is 2. The minimum Gasteiger partial charge on any atom is -0.444 e. The molecule has 34 heavy (non-hydrogen) atoms. The molecule has 1 amide bonds. The zero-order valence-corrected chi connectivity index (χ0v) is 19.3. The second kappa shape index (κ2) is 8.43. The number of carbonyl (C=O) groups is 1. The average Bonchev–Trinajstić information content (AvgIpc) is 3.28. The molecule has 0 aliphatic carbocycles. The van der Waals surface area contributed by atoms with Crippen LogP contribution in [0, 0.1) is 0 Å². The van der Waals surface area contributed by atoms with Crippen LogP contribution < -0.4 is 14.8 Å². The first kappa shape index (κ1) is 23.7. The van der Waals surface area contributed by atoms with Gasteiger partial charge in [0.05, 0.1) is 12.1 Å². The van der Waals surface area contributed by atoms with Gasteiger partial charge in [0.25, 0.3) is 0 Å². The van der Waals surface area contributed by atoms with E-state index in [1.807, 2.05) is 12.1 Å². The van der Waals surface area contributed by atoms with Crippen molar-refractivity contribution < 1.29 is 37.3 Å². The van der Waals surface area contributed by atoms with Crippen LogP contribution in [0.2, 0.25) is 0 Å². The van der Waals surface area contributed by atoms with Gasteiger partial charge in [0, 0.05) is 5.56 Å². The van der Waals surface area contributed by atoms with Gasteiger partial charge in [-0.05, 0) is 76.4 Å². The molecule has 1 atom stereocenters. The molecule has 2 N–H and O–H groups in total. The predicted molar refractivity (Wildman–Crippen MR) is 119 cm³/mol. The number of carbonyl (C=O) groups excluding carboxylic acids is 1. The number of aliphatic hydroxyl groups is 1. The van der Waals surface area contributed by atoms with Crippen molar-refractivity contribution >= 4 is 17.2 Å². The number of amides is 1. The number of nitrogens with one attached hydrogen (secondary N) is 1. The predicted octanol–water partition coefficient (Wildman–Crippen LogP) is 5.02. The number of alkyl carbamates (subject to hydrolysis) is 1. The van der Waals surface area contributed by atoms with Gasteiger partial charge in [-0.3, -0.25) is 0 Å². The van der Waals surface area contributed by atoms with E-state index in [-0.39, 0.29) is 24.0 Å². The number of hydrogen-bond donors (Lipinski definition) is 2. The summed E-state index contributed by atoms with van der Waals surface area (Å²) in [4.78, 5) is 16.6. The van der Waals surface area contributed by atoms with Crippen LogP contribution in [0.1, 0.15) is 39.7 Å². The monoisotopic (exact) mass is 476 g/mol. The van der Waals surface area contributed by atoms with Gasteiger partial charge in [0.15, 0.2) is 17.1 Å². The summed E-state index contributed by atoms with van der Waals surface area (Å²) in [5, 5.41) is 12.6. The van der Waals surface area contributed by atoms with Crippen LogP contribution in [0.25, 0.3) is 22.6 Å². The van der Waals surface area contributed by atoms with E-state index in [9.17, 15) is 18.7 Å². The largest absolute Gasteiger partial charge is 0.586 e. The zero-order chi connectivity index (χ0) is 24.7. The SMILES string of the molecule is CC(C)(C)OC(=O)N[C@@](C)(CO)CCc1ccc2oc(-c3ccc4c(c3)OC(F)(F)O4)nc2c1. The van der Waals surface area contributed by atoms with Crippen molar-refractivity contribution in [1.82, 2.24) is 10.3 Å². The first-order chi connectivity index (χ1) is 15.8. The number of aliphatic hydroxyl groups excluding tert-OH is 1. The molecule has 0 unspecified atom stereocenters. The number of halogens is 2. The summed E-state index contributed by atoms with van der Waals surface area (Å²) in [7, 11) is 0. The maximum atomic E-state index is 13.3. The number of ether oxygens (including phenoxy) is 3. The number of aromatic nitrogens is 1. The van der Waals surface area contributed by atoms with E-state index in [0.717, 1.165) is 5.56 Å². The summed E-state index contributed by atoms with van der Waals surface area (Å²) in [6.07, 6.45) is -3.29. The van der Waals surface area contributed by atoms with Gasteiger partial charge in [0.1, 0.15) is 11.1 Å². The molecule has 4 rings (SSSR count). The number of nitrogens with zero attached hydrogens (tertiary/aromatic N) is 1. The Morgan fingerprint density at radius 1 is 1.12 bits per heavy atom. The van der Waals surface area contributed by atoms with Crippen molar-refractivity contribution in [2.45, 2.75) is 58.0 Å². The second-order valence-corrected chi connectivity index (χ2v) is 9.50. The van der Waals surface area contributed by atoms with Crippen LogP contribution in [0.3, 0.4) is 0 Å². The molecular weight excluding hydrogens is 450 g/mol. The highest BCUT2D eigenvalue weighted by atomic mass is 19.3. The second-order valence-electron chi connectivity index (χ2n) is 9.50. The molecule has 0 spiro atoms. The van der Waals surface area contributed by atoms with Gasteiger partial charge in [-0.25, -0.2) is 9.78 Å². The van der Waals surface area contributed by atoms with Crippen LogP contribution in [-0.2, 0) is 11.2 Å². The van der Waals surface area contributed by atoms with E-state index in [2.05, 4.69) is 19.8 Å². The third-order valence-corrected chi connectivity index (χ3v) is 5.22. The minimum atomic E-state index is -3.70. The standard InChI is InChI=1S/C24H26F2N2O6/c1-22(2,3)34-21(30)28-23(4,13-29)10-9-14-5-7-17-16(11-14)27-20(31-17)15-6-8-18-19(12-15)33-24(25,26)32-18/h5-8,11-12,29H,9-10,13H2,1-4H3,(H,28,30)/t23-/m1/s1.